The molecule has 0 atom stereocenters. The third-order valence-corrected chi connectivity index (χ3v) is 2.87. The van der Waals surface area contributed by atoms with Crippen molar-refractivity contribution in [1.29, 1.82) is 5.41 Å². The summed E-state index contributed by atoms with van der Waals surface area (Å²) in [6.07, 6.45) is -0.678. The number of carbonyl (C=O) groups is 1. The number of carbonyl (C=O) groups excluding carboxylic acids is 1. The fourth-order valence-electron chi connectivity index (χ4n) is 1.85. The maximum atomic E-state index is 13.5. The Labute approximate surface area is 127 Å². The second-order valence-corrected chi connectivity index (χ2v) is 4.61. The molecular formula is C15H10F4N2O2. The minimum Gasteiger partial charge on any atom is -0.508 e. The first-order valence-electron chi connectivity index (χ1n) is 6.28. The fourth-order valence-corrected chi connectivity index (χ4v) is 1.85. The SMILES string of the molecule is N=C(CC(=O)c1ccc(F)cc1F)Nc1c(F)cc(O)cc1F. The van der Waals surface area contributed by atoms with Crippen LogP contribution in [0, 0.1) is 28.7 Å². The minimum atomic E-state index is -1.16. The van der Waals surface area contributed by atoms with Gasteiger partial charge in [0.05, 0.1) is 12.0 Å². The third kappa shape index (κ3) is 3.85. The van der Waals surface area contributed by atoms with Crippen molar-refractivity contribution in [2.75, 3.05) is 5.32 Å². The second-order valence-electron chi connectivity index (χ2n) is 4.61. The first-order valence-corrected chi connectivity index (χ1v) is 6.28. The lowest BCUT2D eigenvalue weighted by Gasteiger charge is -2.10. The monoisotopic (exact) mass is 326 g/mol. The number of aromatic hydroxyl groups is 1. The highest BCUT2D eigenvalue weighted by Crippen LogP contribution is 2.24. The quantitative estimate of drug-likeness (QED) is 0.264. The average molecular weight is 326 g/mol. The number of rotatable bonds is 4. The fraction of sp³-hybridized carbons (Fsp3) is 0.0667. The number of anilines is 1. The van der Waals surface area contributed by atoms with Gasteiger partial charge in [-0.1, -0.05) is 0 Å². The van der Waals surface area contributed by atoms with Gasteiger partial charge < -0.3 is 10.4 Å². The summed E-state index contributed by atoms with van der Waals surface area (Å²) in [6.45, 7) is 0. The lowest BCUT2D eigenvalue weighted by Crippen LogP contribution is -2.18. The van der Waals surface area contributed by atoms with Crippen LogP contribution in [0.25, 0.3) is 0 Å². The third-order valence-electron chi connectivity index (χ3n) is 2.87. The Hall–Kier alpha value is -2.90. The molecule has 0 amide bonds. The molecule has 3 N–H and O–H groups in total. The number of nitrogens with one attached hydrogen (secondary N) is 2. The zero-order valence-corrected chi connectivity index (χ0v) is 11.5. The molecule has 0 saturated carbocycles. The van der Waals surface area contributed by atoms with Crippen LogP contribution in [0.3, 0.4) is 0 Å². The number of phenols is 1. The van der Waals surface area contributed by atoms with Gasteiger partial charge in [0.25, 0.3) is 0 Å². The van der Waals surface area contributed by atoms with Crippen LogP contribution in [0.1, 0.15) is 16.8 Å². The van der Waals surface area contributed by atoms with Gasteiger partial charge in [0.1, 0.15) is 28.9 Å². The van der Waals surface area contributed by atoms with Gasteiger partial charge in [-0.15, -0.1) is 0 Å². The van der Waals surface area contributed by atoms with Gasteiger partial charge in [0, 0.05) is 18.2 Å². The van der Waals surface area contributed by atoms with Crippen LogP contribution >= 0.6 is 0 Å². The van der Waals surface area contributed by atoms with E-state index in [0.29, 0.717) is 18.2 Å². The van der Waals surface area contributed by atoms with E-state index in [-0.39, 0.29) is 0 Å². The van der Waals surface area contributed by atoms with E-state index >= 15 is 0 Å². The van der Waals surface area contributed by atoms with Crippen molar-refractivity contribution in [3.8, 4) is 5.75 Å². The predicted molar refractivity (Wildman–Crippen MR) is 74.7 cm³/mol. The lowest BCUT2D eigenvalue weighted by molar-refractivity contribution is 0.0996. The Bertz CT molecular complexity index is 770. The van der Waals surface area contributed by atoms with Gasteiger partial charge in [-0.2, -0.15) is 0 Å². The van der Waals surface area contributed by atoms with Crippen LogP contribution in [-0.4, -0.2) is 16.7 Å². The van der Waals surface area contributed by atoms with Crippen molar-refractivity contribution in [2.45, 2.75) is 6.42 Å². The standard InChI is InChI=1S/C15H10F4N2O2/c16-7-1-2-9(10(17)3-7)13(23)6-14(20)21-15-11(18)4-8(22)5-12(15)19/h1-5,22H,6H2,(H2,20,21). The van der Waals surface area contributed by atoms with E-state index in [4.69, 9.17) is 10.5 Å². The summed E-state index contributed by atoms with van der Waals surface area (Å²) >= 11 is 0. The molecule has 120 valence electrons. The van der Waals surface area contributed by atoms with Crippen LogP contribution < -0.4 is 5.32 Å². The zero-order chi connectivity index (χ0) is 17.1. The second kappa shape index (κ2) is 6.47. The number of amidine groups is 1. The van der Waals surface area contributed by atoms with Crippen molar-refractivity contribution >= 4 is 17.3 Å². The Morgan fingerprint density at radius 2 is 1.65 bits per heavy atom. The van der Waals surface area contributed by atoms with Crippen molar-refractivity contribution in [1.82, 2.24) is 0 Å². The maximum absolute atomic E-state index is 13.5. The van der Waals surface area contributed by atoms with Gasteiger partial charge in [-0.05, 0) is 12.1 Å². The smallest absolute Gasteiger partial charge is 0.173 e. The van der Waals surface area contributed by atoms with Gasteiger partial charge in [-0.3, -0.25) is 10.2 Å². The molecule has 0 aromatic heterocycles. The predicted octanol–water partition coefficient (Wildman–Crippen LogP) is 3.61. The van der Waals surface area contributed by atoms with Crippen molar-refractivity contribution < 1.29 is 27.5 Å². The van der Waals surface area contributed by atoms with Gasteiger partial charge in [-0.25, -0.2) is 17.6 Å². The summed E-state index contributed by atoms with van der Waals surface area (Å²) < 4.78 is 53.2. The molecule has 0 aliphatic heterocycles. The average Bonchev–Trinajstić information content (AvgIpc) is 2.42. The summed E-state index contributed by atoms with van der Waals surface area (Å²) in [7, 11) is 0. The number of hydrogen-bond donors (Lipinski definition) is 3. The molecule has 0 radical (unpaired) electrons. The van der Waals surface area contributed by atoms with Crippen LogP contribution in [0.5, 0.6) is 5.75 Å². The molecule has 0 spiro atoms. The molecule has 0 heterocycles. The highest BCUT2D eigenvalue weighted by molar-refractivity contribution is 6.12. The molecule has 0 aliphatic carbocycles. The highest BCUT2D eigenvalue weighted by Gasteiger charge is 2.17. The van der Waals surface area contributed by atoms with Crippen molar-refractivity contribution in [2.24, 2.45) is 0 Å². The van der Waals surface area contributed by atoms with Crippen LogP contribution in [-0.2, 0) is 0 Å². The van der Waals surface area contributed by atoms with E-state index in [0.717, 1.165) is 12.1 Å². The highest BCUT2D eigenvalue weighted by atomic mass is 19.1. The molecule has 0 saturated heterocycles. The molecule has 0 bridgehead atoms. The number of hydrogen-bond acceptors (Lipinski definition) is 3. The Morgan fingerprint density at radius 3 is 2.22 bits per heavy atom. The van der Waals surface area contributed by atoms with Crippen molar-refractivity contribution in [3.05, 3.63) is 59.2 Å². The van der Waals surface area contributed by atoms with Gasteiger partial charge in [0.15, 0.2) is 17.4 Å². The molecule has 2 rings (SSSR count). The molecule has 8 heteroatoms. The summed E-state index contributed by atoms with van der Waals surface area (Å²) in [4.78, 5) is 11.8. The summed E-state index contributed by atoms with van der Waals surface area (Å²) in [5, 5.41) is 18.6. The molecule has 23 heavy (non-hydrogen) atoms. The minimum absolute atomic E-state index is 0.440. The number of Topliss-reactive ketones (excluding diaryl/α,β-unsaturated/α-hetero) is 1. The van der Waals surface area contributed by atoms with Gasteiger partial charge >= 0.3 is 0 Å². The Balaban J connectivity index is 2.12. The van der Waals surface area contributed by atoms with Crippen LogP contribution in [0.2, 0.25) is 0 Å². The molecule has 0 aliphatic rings. The Morgan fingerprint density at radius 1 is 1.04 bits per heavy atom. The number of phenolic OH excluding ortho intramolecular Hbond substituents is 1. The van der Waals surface area contributed by atoms with E-state index in [1.165, 1.54) is 0 Å². The van der Waals surface area contributed by atoms with Gasteiger partial charge in [0.2, 0.25) is 0 Å². The summed E-state index contributed by atoms with van der Waals surface area (Å²) in [6, 6.07) is 3.57. The van der Waals surface area contributed by atoms with E-state index in [1.54, 1.807) is 0 Å². The molecule has 4 nitrogen and oxygen atoms in total. The first kappa shape index (κ1) is 16.5. The molecule has 2 aromatic rings. The van der Waals surface area contributed by atoms with Crippen LogP contribution in [0.15, 0.2) is 30.3 Å². The van der Waals surface area contributed by atoms with E-state index in [1.807, 2.05) is 5.32 Å². The van der Waals surface area contributed by atoms with E-state index in [2.05, 4.69) is 0 Å². The maximum Gasteiger partial charge on any atom is 0.173 e. The molecule has 0 unspecified atom stereocenters. The van der Waals surface area contributed by atoms with E-state index < -0.39 is 58.3 Å². The van der Waals surface area contributed by atoms with E-state index in [9.17, 15) is 22.4 Å². The topological polar surface area (TPSA) is 73.2 Å². The van der Waals surface area contributed by atoms with Crippen LogP contribution in [0.4, 0.5) is 23.2 Å². The normalized spacial score (nSPS) is 10.4. The number of halogens is 4. The largest absolute Gasteiger partial charge is 0.508 e. The summed E-state index contributed by atoms with van der Waals surface area (Å²) in [5.41, 5.74) is -1.16. The Kier molecular flexibility index (Phi) is 4.63. The number of benzene rings is 2. The zero-order valence-electron chi connectivity index (χ0n) is 11.5. The van der Waals surface area contributed by atoms with Crippen molar-refractivity contribution in [3.63, 3.8) is 0 Å². The molecular weight excluding hydrogens is 316 g/mol. The first-order chi connectivity index (χ1) is 10.8. The summed E-state index contributed by atoms with van der Waals surface area (Å²) in [5.74, 6) is -6.37. The number of ketones is 1. The lowest BCUT2D eigenvalue weighted by atomic mass is 10.1. The molecule has 0 fully saturated rings. The molecule has 2 aromatic carbocycles.